The summed E-state index contributed by atoms with van der Waals surface area (Å²) in [5.41, 5.74) is 1.37. The second-order valence-electron chi connectivity index (χ2n) is 3.49. The number of allylic oxidation sites excluding steroid dienone is 1. The van der Waals surface area contributed by atoms with Gasteiger partial charge >= 0.3 is 0 Å². The predicted molar refractivity (Wildman–Crippen MR) is 63.8 cm³/mol. The van der Waals surface area contributed by atoms with Crippen molar-refractivity contribution < 1.29 is 0 Å². The Bertz CT molecular complexity index is 253. The van der Waals surface area contributed by atoms with Crippen LogP contribution >= 0.6 is 11.6 Å². The van der Waals surface area contributed by atoms with Gasteiger partial charge in [-0.15, -0.1) is 18.2 Å². The first-order chi connectivity index (χ1) is 6.83. The van der Waals surface area contributed by atoms with E-state index in [1.165, 1.54) is 5.56 Å². The predicted octanol–water partition coefficient (Wildman–Crippen LogP) is 4.19. The van der Waals surface area contributed by atoms with Crippen LogP contribution in [0.4, 0.5) is 0 Å². The molecule has 1 unspecified atom stereocenters. The maximum Gasteiger partial charge on any atom is 0.0342 e. The summed E-state index contributed by atoms with van der Waals surface area (Å²) >= 11 is 6.16. The largest absolute Gasteiger partial charge is 0.123 e. The zero-order chi connectivity index (χ0) is 10.2. The van der Waals surface area contributed by atoms with Crippen LogP contribution in [0.2, 0.25) is 0 Å². The van der Waals surface area contributed by atoms with Crippen LogP contribution in [0.15, 0.2) is 43.0 Å². The van der Waals surface area contributed by atoms with E-state index in [4.69, 9.17) is 11.6 Å². The van der Waals surface area contributed by atoms with Crippen molar-refractivity contribution in [3.8, 4) is 0 Å². The van der Waals surface area contributed by atoms with E-state index in [-0.39, 0.29) is 5.38 Å². The average molecular weight is 209 g/mol. The highest BCUT2D eigenvalue weighted by Gasteiger charge is 2.03. The Morgan fingerprint density at radius 1 is 1.21 bits per heavy atom. The molecule has 0 bridgehead atoms. The minimum atomic E-state index is 0.285. The lowest BCUT2D eigenvalue weighted by Gasteiger charge is -2.07. The van der Waals surface area contributed by atoms with E-state index in [0.29, 0.717) is 0 Å². The van der Waals surface area contributed by atoms with Gasteiger partial charge in [0.1, 0.15) is 0 Å². The van der Waals surface area contributed by atoms with Crippen molar-refractivity contribution in [1.82, 2.24) is 0 Å². The van der Waals surface area contributed by atoms with E-state index in [1.807, 2.05) is 12.1 Å². The van der Waals surface area contributed by atoms with Crippen LogP contribution < -0.4 is 0 Å². The molecule has 0 saturated heterocycles. The van der Waals surface area contributed by atoms with E-state index in [1.54, 1.807) is 0 Å². The quantitative estimate of drug-likeness (QED) is 0.486. The zero-order valence-corrected chi connectivity index (χ0v) is 9.21. The third-order valence-corrected chi connectivity index (χ3v) is 2.71. The molecule has 0 saturated carbocycles. The highest BCUT2D eigenvalue weighted by molar-refractivity contribution is 6.20. The van der Waals surface area contributed by atoms with Gasteiger partial charge in [-0.05, 0) is 31.2 Å². The molecule has 1 aromatic carbocycles. The molecule has 0 spiro atoms. The van der Waals surface area contributed by atoms with Gasteiger partial charge in [-0.2, -0.15) is 0 Å². The Balaban J connectivity index is 2.23. The lowest BCUT2D eigenvalue weighted by molar-refractivity contribution is 0.696. The SMILES string of the molecule is C=CCCC(Cl)CCc1ccccc1. The Hall–Kier alpha value is -0.750. The summed E-state index contributed by atoms with van der Waals surface area (Å²) in [5, 5.41) is 0.285. The normalized spacial score (nSPS) is 12.4. The molecule has 0 N–H and O–H groups in total. The minimum Gasteiger partial charge on any atom is -0.123 e. The van der Waals surface area contributed by atoms with Crippen LogP contribution in [0.5, 0.6) is 0 Å². The molecule has 0 nitrogen and oxygen atoms in total. The van der Waals surface area contributed by atoms with Crippen molar-refractivity contribution in [2.24, 2.45) is 0 Å². The van der Waals surface area contributed by atoms with Gasteiger partial charge in [-0.3, -0.25) is 0 Å². The first-order valence-corrected chi connectivity index (χ1v) is 5.55. The molecule has 14 heavy (non-hydrogen) atoms. The molecule has 1 aromatic rings. The van der Waals surface area contributed by atoms with Crippen molar-refractivity contribution in [1.29, 1.82) is 0 Å². The number of aryl methyl sites for hydroxylation is 1. The molecular formula is C13H17Cl. The molecule has 0 aromatic heterocycles. The van der Waals surface area contributed by atoms with Crippen molar-refractivity contribution in [2.45, 2.75) is 31.1 Å². The summed E-state index contributed by atoms with van der Waals surface area (Å²) in [7, 11) is 0. The fourth-order valence-corrected chi connectivity index (χ4v) is 1.65. The van der Waals surface area contributed by atoms with Gasteiger partial charge in [0.2, 0.25) is 0 Å². The van der Waals surface area contributed by atoms with E-state index >= 15 is 0 Å². The molecule has 0 amide bonds. The van der Waals surface area contributed by atoms with Gasteiger partial charge in [-0.25, -0.2) is 0 Å². The molecule has 1 heteroatoms. The highest BCUT2D eigenvalue weighted by Crippen LogP contribution is 2.13. The Morgan fingerprint density at radius 2 is 1.93 bits per heavy atom. The van der Waals surface area contributed by atoms with Crippen LogP contribution in [-0.4, -0.2) is 5.38 Å². The Labute approximate surface area is 91.6 Å². The van der Waals surface area contributed by atoms with Crippen molar-refractivity contribution in [3.63, 3.8) is 0 Å². The molecule has 1 atom stereocenters. The van der Waals surface area contributed by atoms with E-state index in [0.717, 1.165) is 25.7 Å². The van der Waals surface area contributed by atoms with E-state index in [2.05, 4.69) is 30.8 Å². The summed E-state index contributed by atoms with van der Waals surface area (Å²) in [5.74, 6) is 0. The third-order valence-electron chi connectivity index (χ3n) is 2.27. The molecule has 1 rings (SSSR count). The molecule has 0 radical (unpaired) electrons. The summed E-state index contributed by atoms with van der Waals surface area (Å²) in [6, 6.07) is 10.5. The van der Waals surface area contributed by atoms with Crippen LogP contribution in [0.25, 0.3) is 0 Å². The Morgan fingerprint density at radius 3 is 2.57 bits per heavy atom. The fraction of sp³-hybridized carbons (Fsp3) is 0.385. The molecule has 0 heterocycles. The van der Waals surface area contributed by atoms with Crippen LogP contribution in [0, 0.1) is 0 Å². The molecule has 0 aliphatic heterocycles. The van der Waals surface area contributed by atoms with E-state index in [9.17, 15) is 0 Å². The second-order valence-corrected chi connectivity index (χ2v) is 4.10. The standard InChI is InChI=1S/C13H17Cl/c1-2-3-9-13(14)11-10-12-7-5-4-6-8-12/h2,4-8,13H,1,3,9-11H2. The number of benzene rings is 1. The first kappa shape index (κ1) is 11.3. The number of alkyl halides is 1. The second kappa shape index (κ2) is 6.67. The minimum absolute atomic E-state index is 0.285. The molecule has 0 fully saturated rings. The number of rotatable bonds is 6. The maximum absolute atomic E-state index is 6.16. The van der Waals surface area contributed by atoms with Gasteiger partial charge in [0, 0.05) is 5.38 Å². The Kier molecular flexibility index (Phi) is 5.39. The lowest BCUT2D eigenvalue weighted by atomic mass is 10.1. The maximum atomic E-state index is 6.16. The fourth-order valence-electron chi connectivity index (χ4n) is 1.41. The summed E-state index contributed by atoms with van der Waals surface area (Å²) in [6.45, 7) is 3.69. The van der Waals surface area contributed by atoms with Crippen molar-refractivity contribution in [2.75, 3.05) is 0 Å². The smallest absolute Gasteiger partial charge is 0.0342 e. The van der Waals surface area contributed by atoms with Gasteiger partial charge < -0.3 is 0 Å². The van der Waals surface area contributed by atoms with Crippen LogP contribution in [0.1, 0.15) is 24.8 Å². The average Bonchev–Trinajstić information content (AvgIpc) is 2.25. The monoisotopic (exact) mass is 208 g/mol. The third kappa shape index (κ3) is 4.48. The number of halogens is 1. The highest BCUT2D eigenvalue weighted by atomic mass is 35.5. The summed E-state index contributed by atoms with van der Waals surface area (Å²) in [6.07, 6.45) is 6.12. The summed E-state index contributed by atoms with van der Waals surface area (Å²) in [4.78, 5) is 0. The van der Waals surface area contributed by atoms with Crippen molar-refractivity contribution >= 4 is 11.6 Å². The van der Waals surface area contributed by atoms with Gasteiger partial charge in [0.25, 0.3) is 0 Å². The van der Waals surface area contributed by atoms with E-state index < -0.39 is 0 Å². The first-order valence-electron chi connectivity index (χ1n) is 5.12. The van der Waals surface area contributed by atoms with Crippen LogP contribution in [-0.2, 0) is 6.42 Å². The topological polar surface area (TPSA) is 0 Å². The molecular weight excluding hydrogens is 192 g/mol. The van der Waals surface area contributed by atoms with Gasteiger partial charge in [-0.1, -0.05) is 36.4 Å². The molecule has 0 aliphatic carbocycles. The zero-order valence-electron chi connectivity index (χ0n) is 8.45. The lowest BCUT2D eigenvalue weighted by Crippen LogP contribution is -2.00. The van der Waals surface area contributed by atoms with Crippen molar-refractivity contribution in [3.05, 3.63) is 48.6 Å². The number of hydrogen-bond acceptors (Lipinski definition) is 0. The number of hydrogen-bond donors (Lipinski definition) is 0. The van der Waals surface area contributed by atoms with Gasteiger partial charge in [0.15, 0.2) is 0 Å². The molecule has 0 aliphatic rings. The molecule has 76 valence electrons. The summed E-state index contributed by atoms with van der Waals surface area (Å²) < 4.78 is 0. The van der Waals surface area contributed by atoms with Crippen LogP contribution in [0.3, 0.4) is 0 Å². The van der Waals surface area contributed by atoms with Gasteiger partial charge in [0.05, 0.1) is 0 Å².